The van der Waals surface area contributed by atoms with Crippen LogP contribution in [0.15, 0.2) is 6.20 Å². The molecule has 3 rings (SSSR count). The van der Waals surface area contributed by atoms with E-state index in [1.54, 1.807) is 0 Å². The molecule has 2 aliphatic rings. The van der Waals surface area contributed by atoms with Gasteiger partial charge in [-0.05, 0) is 37.7 Å². The topological polar surface area (TPSA) is 37.8 Å². The van der Waals surface area contributed by atoms with Crippen molar-refractivity contribution in [2.75, 3.05) is 5.32 Å². The van der Waals surface area contributed by atoms with Gasteiger partial charge in [-0.2, -0.15) is 0 Å². The van der Waals surface area contributed by atoms with E-state index < -0.39 is 0 Å². The van der Waals surface area contributed by atoms with Crippen molar-refractivity contribution in [1.29, 1.82) is 0 Å². The Morgan fingerprint density at radius 2 is 2.19 bits per heavy atom. The molecule has 0 atom stereocenters. The van der Waals surface area contributed by atoms with Gasteiger partial charge in [0.15, 0.2) is 0 Å². The highest BCUT2D eigenvalue weighted by Crippen LogP contribution is 2.35. The van der Waals surface area contributed by atoms with Gasteiger partial charge >= 0.3 is 0 Å². The van der Waals surface area contributed by atoms with Gasteiger partial charge in [-0.15, -0.1) is 0 Å². The Kier molecular flexibility index (Phi) is 2.16. The summed E-state index contributed by atoms with van der Waals surface area (Å²) < 4.78 is 0. The van der Waals surface area contributed by atoms with Crippen LogP contribution in [-0.2, 0) is 11.8 Å². The first-order valence-electron chi connectivity index (χ1n) is 6.28. The molecular weight excluding hydrogens is 198 g/mol. The van der Waals surface area contributed by atoms with Crippen molar-refractivity contribution < 1.29 is 0 Å². The van der Waals surface area contributed by atoms with Crippen LogP contribution in [0.5, 0.6) is 0 Å². The highest BCUT2D eigenvalue weighted by Gasteiger charge is 2.30. The smallest absolute Gasteiger partial charge is 0.223 e. The third-order valence-electron chi connectivity index (χ3n) is 3.66. The molecule has 0 amide bonds. The van der Waals surface area contributed by atoms with Crippen LogP contribution >= 0.6 is 0 Å². The van der Waals surface area contributed by atoms with Crippen LogP contribution in [0.4, 0.5) is 5.95 Å². The molecular formula is C13H19N3. The Morgan fingerprint density at radius 3 is 2.94 bits per heavy atom. The fraction of sp³-hybridized carbons (Fsp3) is 0.692. The lowest BCUT2D eigenvalue weighted by Crippen LogP contribution is -2.26. The van der Waals surface area contributed by atoms with Crippen LogP contribution < -0.4 is 5.32 Å². The van der Waals surface area contributed by atoms with Crippen molar-refractivity contribution in [3.8, 4) is 0 Å². The van der Waals surface area contributed by atoms with E-state index in [1.165, 1.54) is 36.9 Å². The molecule has 0 unspecified atom stereocenters. The van der Waals surface area contributed by atoms with Gasteiger partial charge in [-0.3, -0.25) is 0 Å². The maximum absolute atomic E-state index is 4.72. The largest absolute Gasteiger partial charge is 0.351 e. The first-order chi connectivity index (χ1) is 7.65. The number of nitrogens with zero attached hydrogens (tertiary/aromatic N) is 2. The second-order valence-electron chi connectivity index (χ2n) is 5.72. The van der Waals surface area contributed by atoms with Crippen molar-refractivity contribution in [3.05, 3.63) is 17.5 Å². The van der Waals surface area contributed by atoms with Gasteiger partial charge in [0, 0.05) is 17.7 Å². The average Bonchev–Trinajstić information content (AvgIpc) is 3.03. The summed E-state index contributed by atoms with van der Waals surface area (Å²) in [5, 5.41) is 3.38. The monoisotopic (exact) mass is 217 g/mol. The zero-order valence-electron chi connectivity index (χ0n) is 10.1. The molecule has 0 bridgehead atoms. The lowest BCUT2D eigenvalue weighted by atomic mass is 9.76. The molecule has 16 heavy (non-hydrogen) atoms. The zero-order chi connectivity index (χ0) is 11.2. The van der Waals surface area contributed by atoms with E-state index in [0.717, 1.165) is 12.4 Å². The Bertz CT molecular complexity index is 408. The Balaban J connectivity index is 1.94. The van der Waals surface area contributed by atoms with Gasteiger partial charge in [0.05, 0.1) is 5.69 Å². The molecule has 0 radical (unpaired) electrons. The molecule has 3 heteroatoms. The normalized spacial score (nSPS) is 22.6. The van der Waals surface area contributed by atoms with E-state index in [9.17, 15) is 0 Å². The summed E-state index contributed by atoms with van der Waals surface area (Å²) in [6.07, 6.45) is 8.20. The van der Waals surface area contributed by atoms with Crippen molar-refractivity contribution >= 4 is 5.95 Å². The second kappa shape index (κ2) is 3.44. The van der Waals surface area contributed by atoms with Crippen LogP contribution in [-0.4, -0.2) is 16.0 Å². The number of anilines is 1. The van der Waals surface area contributed by atoms with Crippen molar-refractivity contribution in [1.82, 2.24) is 9.97 Å². The Morgan fingerprint density at radius 1 is 1.38 bits per heavy atom. The van der Waals surface area contributed by atoms with E-state index >= 15 is 0 Å². The van der Waals surface area contributed by atoms with Crippen LogP contribution in [0.3, 0.4) is 0 Å². The fourth-order valence-electron chi connectivity index (χ4n) is 2.49. The average molecular weight is 217 g/mol. The lowest BCUT2D eigenvalue weighted by molar-refractivity contribution is 0.417. The van der Waals surface area contributed by atoms with E-state index in [-0.39, 0.29) is 5.41 Å². The van der Waals surface area contributed by atoms with Gasteiger partial charge in [0.1, 0.15) is 0 Å². The van der Waals surface area contributed by atoms with Gasteiger partial charge in [0.25, 0.3) is 0 Å². The third-order valence-corrected chi connectivity index (χ3v) is 3.66. The minimum Gasteiger partial charge on any atom is -0.351 e. The Hall–Kier alpha value is -1.12. The molecule has 1 aromatic rings. The van der Waals surface area contributed by atoms with Crippen LogP contribution in [0, 0.1) is 0 Å². The number of aromatic nitrogens is 2. The summed E-state index contributed by atoms with van der Waals surface area (Å²) >= 11 is 0. The number of rotatable bonds is 2. The van der Waals surface area contributed by atoms with E-state index in [1.807, 2.05) is 6.20 Å². The number of hydrogen-bond donors (Lipinski definition) is 1. The molecule has 86 valence electrons. The number of fused-ring (bicyclic) bond motifs is 1. The number of aryl methyl sites for hydroxylation is 1. The second-order valence-corrected chi connectivity index (χ2v) is 5.72. The molecule has 0 aliphatic heterocycles. The van der Waals surface area contributed by atoms with E-state index in [4.69, 9.17) is 4.98 Å². The molecule has 1 fully saturated rings. The lowest BCUT2D eigenvalue weighted by Gasteiger charge is -2.31. The SMILES string of the molecule is CC1(C)CCCc2cnc(NC3CC3)nc21. The Labute approximate surface area is 96.7 Å². The number of hydrogen-bond acceptors (Lipinski definition) is 3. The van der Waals surface area contributed by atoms with Gasteiger partial charge in [-0.25, -0.2) is 9.97 Å². The summed E-state index contributed by atoms with van der Waals surface area (Å²) in [6.45, 7) is 4.58. The van der Waals surface area contributed by atoms with Crippen LogP contribution in [0.2, 0.25) is 0 Å². The summed E-state index contributed by atoms with van der Waals surface area (Å²) in [5.74, 6) is 0.830. The van der Waals surface area contributed by atoms with Crippen molar-refractivity contribution in [3.63, 3.8) is 0 Å². The molecule has 1 saturated carbocycles. The highest BCUT2D eigenvalue weighted by molar-refractivity contribution is 5.36. The van der Waals surface area contributed by atoms with E-state index in [2.05, 4.69) is 24.1 Å². The van der Waals surface area contributed by atoms with Crippen molar-refractivity contribution in [2.45, 2.75) is 57.4 Å². The van der Waals surface area contributed by atoms with Gasteiger partial charge in [-0.1, -0.05) is 13.8 Å². The standard InChI is InChI=1S/C13H19N3/c1-13(2)7-3-4-9-8-14-12(16-11(9)13)15-10-5-6-10/h8,10H,3-7H2,1-2H3,(H,14,15,16). The van der Waals surface area contributed by atoms with Crippen LogP contribution in [0.25, 0.3) is 0 Å². The quantitative estimate of drug-likeness (QED) is 0.827. The van der Waals surface area contributed by atoms with Crippen LogP contribution in [0.1, 0.15) is 50.8 Å². The third kappa shape index (κ3) is 1.79. The number of nitrogens with one attached hydrogen (secondary N) is 1. The summed E-state index contributed by atoms with van der Waals surface area (Å²) in [6, 6.07) is 0.629. The molecule has 1 N–H and O–H groups in total. The molecule has 1 aromatic heterocycles. The molecule has 0 saturated heterocycles. The highest BCUT2D eigenvalue weighted by atomic mass is 15.1. The first kappa shape index (κ1) is 10.1. The minimum absolute atomic E-state index is 0.219. The molecule has 2 aliphatic carbocycles. The minimum atomic E-state index is 0.219. The van der Waals surface area contributed by atoms with Crippen molar-refractivity contribution in [2.24, 2.45) is 0 Å². The summed E-state index contributed by atoms with van der Waals surface area (Å²) in [4.78, 5) is 9.14. The summed E-state index contributed by atoms with van der Waals surface area (Å²) in [7, 11) is 0. The van der Waals surface area contributed by atoms with Gasteiger partial charge < -0.3 is 5.32 Å². The van der Waals surface area contributed by atoms with Gasteiger partial charge in [0.2, 0.25) is 5.95 Å². The fourth-order valence-corrected chi connectivity index (χ4v) is 2.49. The maximum atomic E-state index is 4.72. The predicted octanol–water partition coefficient (Wildman–Crippen LogP) is 2.66. The van der Waals surface area contributed by atoms with E-state index in [0.29, 0.717) is 6.04 Å². The summed E-state index contributed by atoms with van der Waals surface area (Å²) in [5.41, 5.74) is 2.82. The first-order valence-corrected chi connectivity index (χ1v) is 6.28. The predicted molar refractivity (Wildman–Crippen MR) is 64.6 cm³/mol. The molecule has 3 nitrogen and oxygen atoms in total. The molecule has 1 heterocycles. The molecule has 0 spiro atoms. The zero-order valence-corrected chi connectivity index (χ0v) is 10.1. The maximum Gasteiger partial charge on any atom is 0.223 e. The molecule has 0 aromatic carbocycles.